The van der Waals surface area contributed by atoms with Gasteiger partial charge in [0.1, 0.15) is 13.2 Å². The molecule has 33 heavy (non-hydrogen) atoms. The van der Waals surface area contributed by atoms with Crippen LogP contribution in [0.5, 0.6) is 0 Å². The lowest BCUT2D eigenvalue weighted by Gasteiger charge is -2.22. The molecule has 178 valence electrons. The third-order valence-electron chi connectivity index (χ3n) is 5.03. The van der Waals surface area contributed by atoms with Crippen molar-refractivity contribution < 1.29 is 19.1 Å². The molecule has 0 amide bonds. The topological polar surface area (TPSA) is 52.6 Å². The van der Waals surface area contributed by atoms with Gasteiger partial charge in [0.05, 0.1) is 11.1 Å². The fraction of sp³-hybridized carbons (Fsp3) is 0.379. The second-order valence-corrected chi connectivity index (χ2v) is 8.63. The van der Waals surface area contributed by atoms with E-state index in [4.69, 9.17) is 9.47 Å². The predicted molar refractivity (Wildman–Crippen MR) is 136 cm³/mol. The molecule has 0 heterocycles. The Morgan fingerprint density at radius 2 is 1.09 bits per heavy atom. The molecule has 0 bridgehead atoms. The summed E-state index contributed by atoms with van der Waals surface area (Å²) in [7, 11) is 0. The molecule has 0 aromatic heterocycles. The van der Waals surface area contributed by atoms with Crippen molar-refractivity contribution in [3.8, 4) is 0 Å². The maximum atomic E-state index is 11.7. The van der Waals surface area contributed by atoms with Gasteiger partial charge in [-0.3, -0.25) is 0 Å². The minimum absolute atomic E-state index is 0.0921. The summed E-state index contributed by atoms with van der Waals surface area (Å²) in [6.45, 7) is 20.8. The van der Waals surface area contributed by atoms with Gasteiger partial charge in [-0.15, -0.1) is 0 Å². The van der Waals surface area contributed by atoms with Gasteiger partial charge in [0, 0.05) is 0 Å². The molecule has 0 spiro atoms. The highest BCUT2D eigenvalue weighted by molar-refractivity contribution is 6.03. The summed E-state index contributed by atoms with van der Waals surface area (Å²) < 4.78 is 9.78. The standard InChI is InChI=1S/C15H24.C14H14O4/c1-10(2)13-8-7-9-14(11(3)4)15(13)12(5)6;1-3-9-17-13(15)11-7-5-6-8-12(11)14(16)18-10-4-2/h7-12H,1-6H3;3-8H,1-2,9-10H2. The van der Waals surface area contributed by atoms with E-state index in [1.165, 1.54) is 35.4 Å². The van der Waals surface area contributed by atoms with Crippen LogP contribution in [0.25, 0.3) is 0 Å². The van der Waals surface area contributed by atoms with E-state index in [0.717, 1.165) is 0 Å². The highest BCUT2D eigenvalue weighted by Crippen LogP contribution is 2.32. The van der Waals surface area contributed by atoms with E-state index < -0.39 is 11.9 Å². The minimum Gasteiger partial charge on any atom is -0.458 e. The number of carbonyl (C=O) groups is 2. The Hall–Kier alpha value is -3.14. The zero-order valence-electron chi connectivity index (χ0n) is 20.9. The minimum atomic E-state index is -0.582. The first-order valence-electron chi connectivity index (χ1n) is 11.4. The Kier molecular flexibility index (Phi) is 11.9. The maximum Gasteiger partial charge on any atom is 0.339 e. The van der Waals surface area contributed by atoms with Gasteiger partial charge in [0.15, 0.2) is 0 Å². The summed E-state index contributed by atoms with van der Waals surface area (Å²) in [5.74, 6) is 0.713. The predicted octanol–water partition coefficient (Wildman–Crippen LogP) is 7.43. The molecule has 0 aliphatic carbocycles. The molecule has 0 radical (unpaired) electrons. The van der Waals surface area contributed by atoms with Gasteiger partial charge in [-0.25, -0.2) is 9.59 Å². The molecule has 0 aliphatic rings. The van der Waals surface area contributed by atoms with Crippen molar-refractivity contribution in [3.63, 3.8) is 0 Å². The number of hydrogen-bond donors (Lipinski definition) is 0. The summed E-state index contributed by atoms with van der Waals surface area (Å²) in [5.41, 5.74) is 4.97. The van der Waals surface area contributed by atoms with Crippen molar-refractivity contribution in [2.24, 2.45) is 0 Å². The van der Waals surface area contributed by atoms with Crippen LogP contribution in [0.15, 0.2) is 67.8 Å². The first kappa shape index (κ1) is 27.9. The molecule has 2 rings (SSSR count). The quantitative estimate of drug-likeness (QED) is 0.294. The van der Waals surface area contributed by atoms with Gasteiger partial charge < -0.3 is 9.47 Å². The van der Waals surface area contributed by atoms with Gasteiger partial charge in [-0.1, -0.05) is 97.2 Å². The summed E-state index contributed by atoms with van der Waals surface area (Å²) in [6.07, 6.45) is 2.91. The molecule has 0 saturated heterocycles. The van der Waals surface area contributed by atoms with Gasteiger partial charge in [-0.2, -0.15) is 0 Å². The van der Waals surface area contributed by atoms with E-state index in [1.807, 2.05) is 0 Å². The van der Waals surface area contributed by atoms with Crippen LogP contribution < -0.4 is 0 Å². The van der Waals surface area contributed by atoms with Crippen LogP contribution in [-0.4, -0.2) is 25.2 Å². The number of esters is 2. The van der Waals surface area contributed by atoms with Crippen LogP contribution in [0.4, 0.5) is 0 Å². The largest absolute Gasteiger partial charge is 0.458 e. The van der Waals surface area contributed by atoms with Crippen LogP contribution in [0, 0.1) is 0 Å². The van der Waals surface area contributed by atoms with Crippen molar-refractivity contribution in [1.82, 2.24) is 0 Å². The van der Waals surface area contributed by atoms with Crippen LogP contribution >= 0.6 is 0 Å². The molecule has 0 fully saturated rings. The van der Waals surface area contributed by atoms with E-state index >= 15 is 0 Å². The van der Waals surface area contributed by atoms with Crippen molar-refractivity contribution in [3.05, 3.63) is 95.6 Å². The van der Waals surface area contributed by atoms with Gasteiger partial charge in [-0.05, 0) is 46.6 Å². The second-order valence-electron chi connectivity index (χ2n) is 8.63. The van der Waals surface area contributed by atoms with Crippen molar-refractivity contribution in [2.75, 3.05) is 13.2 Å². The van der Waals surface area contributed by atoms with E-state index in [2.05, 4.69) is 72.9 Å². The second kappa shape index (κ2) is 14.1. The normalized spacial score (nSPS) is 10.5. The molecule has 2 aromatic carbocycles. The molecule has 4 nitrogen and oxygen atoms in total. The average Bonchev–Trinajstić information content (AvgIpc) is 2.80. The van der Waals surface area contributed by atoms with Crippen LogP contribution in [0.1, 0.15) is 96.7 Å². The molecule has 0 saturated carbocycles. The average molecular weight is 451 g/mol. The SMILES string of the molecule is C=CCOC(=O)c1ccccc1C(=O)OCC=C.CC(C)c1cccc(C(C)C)c1C(C)C. The molecule has 0 N–H and O–H groups in total. The van der Waals surface area contributed by atoms with Crippen LogP contribution in [0.2, 0.25) is 0 Å². The first-order chi connectivity index (χ1) is 15.6. The Labute approximate surface area is 199 Å². The highest BCUT2D eigenvalue weighted by Gasteiger charge is 2.18. The lowest BCUT2D eigenvalue weighted by molar-refractivity contribution is 0.0503. The van der Waals surface area contributed by atoms with Crippen LogP contribution in [-0.2, 0) is 9.47 Å². The van der Waals surface area contributed by atoms with Crippen molar-refractivity contribution in [1.29, 1.82) is 0 Å². The van der Waals surface area contributed by atoms with Gasteiger partial charge in [0.2, 0.25) is 0 Å². The highest BCUT2D eigenvalue weighted by atomic mass is 16.5. The zero-order valence-corrected chi connectivity index (χ0v) is 20.9. The monoisotopic (exact) mass is 450 g/mol. The summed E-state index contributed by atoms with van der Waals surface area (Å²) in [6, 6.07) is 13.1. The van der Waals surface area contributed by atoms with E-state index in [1.54, 1.807) is 17.7 Å². The van der Waals surface area contributed by atoms with E-state index in [0.29, 0.717) is 17.8 Å². The number of ether oxygens (including phenoxy) is 2. The molecule has 4 heteroatoms. The smallest absolute Gasteiger partial charge is 0.339 e. The number of carbonyl (C=O) groups excluding carboxylic acids is 2. The number of hydrogen-bond acceptors (Lipinski definition) is 4. The summed E-state index contributed by atoms with van der Waals surface area (Å²) in [4.78, 5) is 23.4. The Morgan fingerprint density at radius 3 is 1.39 bits per heavy atom. The molecule has 0 atom stereocenters. The van der Waals surface area contributed by atoms with E-state index in [9.17, 15) is 9.59 Å². The third-order valence-corrected chi connectivity index (χ3v) is 5.03. The Balaban J connectivity index is 0.000000335. The van der Waals surface area contributed by atoms with Gasteiger partial charge >= 0.3 is 11.9 Å². The molecule has 0 unspecified atom stereocenters. The van der Waals surface area contributed by atoms with Crippen molar-refractivity contribution >= 4 is 11.9 Å². The number of benzene rings is 2. The summed E-state index contributed by atoms with van der Waals surface area (Å²) >= 11 is 0. The van der Waals surface area contributed by atoms with Gasteiger partial charge in [0.25, 0.3) is 0 Å². The fourth-order valence-electron chi connectivity index (χ4n) is 3.54. The Bertz CT molecular complexity index is 869. The fourth-order valence-corrected chi connectivity index (χ4v) is 3.54. The van der Waals surface area contributed by atoms with Crippen LogP contribution in [0.3, 0.4) is 0 Å². The third kappa shape index (κ3) is 8.38. The molecular formula is C29H38O4. The summed E-state index contributed by atoms with van der Waals surface area (Å²) in [5, 5.41) is 0. The zero-order chi connectivity index (χ0) is 25.0. The molecular weight excluding hydrogens is 412 g/mol. The Morgan fingerprint density at radius 1 is 0.697 bits per heavy atom. The first-order valence-corrected chi connectivity index (χ1v) is 11.4. The molecule has 2 aromatic rings. The molecule has 0 aliphatic heterocycles. The van der Waals surface area contributed by atoms with E-state index in [-0.39, 0.29) is 24.3 Å². The van der Waals surface area contributed by atoms with Crippen molar-refractivity contribution in [2.45, 2.75) is 59.3 Å². The maximum absolute atomic E-state index is 11.7. The number of rotatable bonds is 9. The lowest BCUT2D eigenvalue weighted by Crippen LogP contribution is -2.14. The lowest BCUT2D eigenvalue weighted by atomic mass is 9.83.